The van der Waals surface area contributed by atoms with Crippen LogP contribution in [0.4, 0.5) is 5.69 Å². The van der Waals surface area contributed by atoms with Crippen molar-refractivity contribution in [1.29, 1.82) is 0 Å². The number of carbonyl (C=O) groups excluding carboxylic acids is 3. The third-order valence-corrected chi connectivity index (χ3v) is 4.56. The summed E-state index contributed by atoms with van der Waals surface area (Å²) in [5.74, 6) is -0.558. The van der Waals surface area contributed by atoms with Crippen LogP contribution in [-0.2, 0) is 20.9 Å². The number of ether oxygens (including phenoxy) is 1. The molecule has 0 unspecified atom stereocenters. The second kappa shape index (κ2) is 8.34. The van der Waals surface area contributed by atoms with E-state index in [4.69, 9.17) is 20.9 Å². The van der Waals surface area contributed by atoms with Gasteiger partial charge in [0.2, 0.25) is 17.6 Å². The highest BCUT2D eigenvalue weighted by molar-refractivity contribution is 6.30. The van der Waals surface area contributed by atoms with E-state index in [1.165, 1.54) is 12.1 Å². The van der Waals surface area contributed by atoms with Crippen molar-refractivity contribution in [3.05, 3.63) is 65.0 Å². The number of carbonyl (C=O) groups is 3. The molecule has 1 aliphatic heterocycles. The first-order valence-electron chi connectivity index (χ1n) is 8.98. The lowest BCUT2D eigenvalue weighted by molar-refractivity contribution is -0.130. The number of amides is 2. The van der Waals surface area contributed by atoms with Gasteiger partial charge in [0.25, 0.3) is 5.89 Å². The first-order valence-corrected chi connectivity index (χ1v) is 9.35. The van der Waals surface area contributed by atoms with Gasteiger partial charge in [-0.1, -0.05) is 16.8 Å². The standard InChI is InChI=1S/C20H15ClN4O5/c21-14-5-1-12(2-6-14)19-22-17(30-24-19)11-29-20(28)13-3-7-15(8-4-13)25-18(27)10-9-16(26)23-25/h1-8H,9-11H2,(H,23,26). The Bertz CT molecular complexity index is 1100. The highest BCUT2D eigenvalue weighted by Gasteiger charge is 2.24. The number of anilines is 1. The molecule has 1 aliphatic rings. The maximum absolute atomic E-state index is 12.3. The van der Waals surface area contributed by atoms with E-state index in [1.54, 1.807) is 36.4 Å². The van der Waals surface area contributed by atoms with Gasteiger partial charge in [-0.3, -0.25) is 15.0 Å². The van der Waals surface area contributed by atoms with E-state index in [-0.39, 0.29) is 42.7 Å². The molecular weight excluding hydrogens is 412 g/mol. The zero-order valence-corrected chi connectivity index (χ0v) is 16.3. The Morgan fingerprint density at radius 2 is 1.83 bits per heavy atom. The zero-order chi connectivity index (χ0) is 21.1. The summed E-state index contributed by atoms with van der Waals surface area (Å²) in [5.41, 5.74) is 3.93. The normalized spacial score (nSPS) is 13.8. The molecule has 1 fully saturated rings. The molecule has 0 radical (unpaired) electrons. The van der Waals surface area contributed by atoms with Gasteiger partial charge in [-0.05, 0) is 48.5 Å². The first-order chi connectivity index (χ1) is 14.5. The van der Waals surface area contributed by atoms with Gasteiger partial charge in [0.15, 0.2) is 6.61 Å². The highest BCUT2D eigenvalue weighted by Crippen LogP contribution is 2.20. The van der Waals surface area contributed by atoms with E-state index < -0.39 is 5.97 Å². The molecule has 0 aliphatic carbocycles. The molecular formula is C20H15ClN4O5. The van der Waals surface area contributed by atoms with Gasteiger partial charge in [-0.25, -0.2) is 9.80 Å². The molecule has 9 nitrogen and oxygen atoms in total. The largest absolute Gasteiger partial charge is 0.452 e. The van der Waals surface area contributed by atoms with Crippen LogP contribution < -0.4 is 10.4 Å². The topological polar surface area (TPSA) is 115 Å². The van der Waals surface area contributed by atoms with E-state index in [2.05, 4.69) is 15.6 Å². The Balaban J connectivity index is 1.37. The molecule has 4 rings (SSSR count). The molecule has 1 saturated heterocycles. The summed E-state index contributed by atoms with van der Waals surface area (Å²) in [6.45, 7) is -0.193. The van der Waals surface area contributed by atoms with E-state index in [0.29, 0.717) is 16.5 Å². The van der Waals surface area contributed by atoms with E-state index >= 15 is 0 Å². The van der Waals surface area contributed by atoms with Crippen molar-refractivity contribution >= 4 is 35.1 Å². The lowest BCUT2D eigenvalue weighted by Crippen LogP contribution is -2.50. The van der Waals surface area contributed by atoms with Crippen LogP contribution in [0.3, 0.4) is 0 Å². The lowest BCUT2D eigenvalue weighted by Gasteiger charge is -2.27. The number of benzene rings is 2. The Kier molecular flexibility index (Phi) is 5.44. The Morgan fingerprint density at radius 3 is 2.57 bits per heavy atom. The van der Waals surface area contributed by atoms with Crippen molar-refractivity contribution in [3.8, 4) is 11.4 Å². The molecule has 1 aromatic heterocycles. The fraction of sp³-hybridized carbons (Fsp3) is 0.150. The molecule has 0 spiro atoms. The maximum Gasteiger partial charge on any atom is 0.338 e. The van der Waals surface area contributed by atoms with Gasteiger partial charge in [0.05, 0.1) is 11.3 Å². The van der Waals surface area contributed by atoms with Crippen molar-refractivity contribution in [3.63, 3.8) is 0 Å². The summed E-state index contributed by atoms with van der Waals surface area (Å²) >= 11 is 5.86. The summed E-state index contributed by atoms with van der Waals surface area (Å²) < 4.78 is 10.3. The Morgan fingerprint density at radius 1 is 1.10 bits per heavy atom. The van der Waals surface area contributed by atoms with Crippen molar-refractivity contribution < 1.29 is 23.6 Å². The summed E-state index contributed by atoms with van der Waals surface area (Å²) in [4.78, 5) is 39.9. The van der Waals surface area contributed by atoms with Crippen LogP contribution in [0.1, 0.15) is 29.1 Å². The average Bonchev–Trinajstić information content (AvgIpc) is 3.23. The van der Waals surface area contributed by atoms with Gasteiger partial charge in [-0.2, -0.15) is 4.98 Å². The van der Waals surface area contributed by atoms with E-state index in [0.717, 1.165) is 10.6 Å². The quantitative estimate of drug-likeness (QED) is 0.623. The molecule has 0 bridgehead atoms. The van der Waals surface area contributed by atoms with Crippen LogP contribution in [0.25, 0.3) is 11.4 Å². The predicted molar refractivity (Wildman–Crippen MR) is 105 cm³/mol. The number of hydrazine groups is 1. The molecule has 0 saturated carbocycles. The van der Waals surface area contributed by atoms with Crippen LogP contribution in [0, 0.1) is 0 Å². The molecule has 1 N–H and O–H groups in total. The second-order valence-corrected chi connectivity index (χ2v) is 6.84. The number of hydrogen-bond acceptors (Lipinski definition) is 7. The lowest BCUT2D eigenvalue weighted by atomic mass is 10.2. The molecule has 2 aromatic carbocycles. The smallest absolute Gasteiger partial charge is 0.338 e. The van der Waals surface area contributed by atoms with E-state index in [9.17, 15) is 14.4 Å². The minimum atomic E-state index is -0.596. The molecule has 2 amide bonds. The Hall–Kier alpha value is -3.72. The summed E-state index contributed by atoms with van der Waals surface area (Å²) in [7, 11) is 0. The van der Waals surface area contributed by atoms with Crippen LogP contribution in [0.15, 0.2) is 53.1 Å². The van der Waals surface area contributed by atoms with Gasteiger partial charge >= 0.3 is 5.97 Å². The number of hydrogen-bond donors (Lipinski definition) is 1. The average molecular weight is 427 g/mol. The fourth-order valence-corrected chi connectivity index (χ4v) is 2.90. The number of esters is 1. The summed E-state index contributed by atoms with van der Waals surface area (Å²) in [5, 5.41) is 5.61. The van der Waals surface area contributed by atoms with Crippen LogP contribution >= 0.6 is 11.6 Å². The SMILES string of the molecule is O=C1CCC(=O)N(c2ccc(C(=O)OCc3nc(-c4ccc(Cl)cc4)no3)cc2)N1. The highest BCUT2D eigenvalue weighted by atomic mass is 35.5. The number of nitrogens with one attached hydrogen (secondary N) is 1. The minimum Gasteiger partial charge on any atom is -0.452 e. The van der Waals surface area contributed by atoms with Crippen molar-refractivity contribution in [2.75, 3.05) is 5.01 Å². The molecule has 2 heterocycles. The van der Waals surface area contributed by atoms with Gasteiger partial charge in [-0.15, -0.1) is 0 Å². The predicted octanol–water partition coefficient (Wildman–Crippen LogP) is 2.91. The molecule has 10 heteroatoms. The number of aromatic nitrogens is 2. The fourth-order valence-electron chi connectivity index (χ4n) is 2.77. The monoisotopic (exact) mass is 426 g/mol. The van der Waals surface area contributed by atoms with Gasteiger partial charge < -0.3 is 9.26 Å². The number of nitrogens with zero attached hydrogens (tertiary/aromatic N) is 3. The van der Waals surface area contributed by atoms with Crippen LogP contribution in [-0.4, -0.2) is 27.9 Å². The van der Waals surface area contributed by atoms with Gasteiger partial charge in [0, 0.05) is 23.4 Å². The number of rotatable bonds is 5. The molecule has 30 heavy (non-hydrogen) atoms. The maximum atomic E-state index is 12.3. The van der Waals surface area contributed by atoms with E-state index in [1.807, 2.05) is 0 Å². The van der Waals surface area contributed by atoms with Crippen molar-refractivity contribution in [2.24, 2.45) is 0 Å². The summed E-state index contributed by atoms with van der Waals surface area (Å²) in [6.07, 6.45) is 0.299. The number of halogens is 1. The molecule has 0 atom stereocenters. The molecule has 152 valence electrons. The third-order valence-electron chi connectivity index (χ3n) is 4.31. The Labute approximate surface area is 175 Å². The minimum absolute atomic E-state index is 0.137. The summed E-state index contributed by atoms with van der Waals surface area (Å²) in [6, 6.07) is 13.0. The van der Waals surface area contributed by atoms with Crippen LogP contribution in [0.2, 0.25) is 5.02 Å². The van der Waals surface area contributed by atoms with Crippen molar-refractivity contribution in [1.82, 2.24) is 15.6 Å². The third kappa shape index (κ3) is 4.31. The van der Waals surface area contributed by atoms with Gasteiger partial charge in [0.1, 0.15) is 0 Å². The second-order valence-electron chi connectivity index (χ2n) is 6.41. The first kappa shape index (κ1) is 19.6. The van der Waals surface area contributed by atoms with Crippen LogP contribution in [0.5, 0.6) is 0 Å². The molecule has 3 aromatic rings. The van der Waals surface area contributed by atoms with Crippen molar-refractivity contribution in [2.45, 2.75) is 19.4 Å². The zero-order valence-electron chi connectivity index (χ0n) is 15.5.